The first-order chi connectivity index (χ1) is 13.0. The van der Waals surface area contributed by atoms with E-state index in [0.29, 0.717) is 18.9 Å². The summed E-state index contributed by atoms with van der Waals surface area (Å²) in [5.41, 5.74) is 2.40. The molecule has 0 bridgehead atoms. The van der Waals surface area contributed by atoms with Gasteiger partial charge in [0.1, 0.15) is 0 Å². The van der Waals surface area contributed by atoms with E-state index in [-0.39, 0.29) is 17.9 Å². The van der Waals surface area contributed by atoms with E-state index in [0.717, 1.165) is 38.8 Å². The molecule has 2 rings (SSSR count). The minimum atomic E-state index is -0.740. The van der Waals surface area contributed by atoms with Gasteiger partial charge in [-0.2, -0.15) is 0 Å². The number of aliphatic hydroxyl groups excluding tert-OH is 1. The van der Waals surface area contributed by atoms with Crippen molar-refractivity contribution in [2.24, 2.45) is 0 Å². The van der Waals surface area contributed by atoms with Crippen molar-refractivity contribution in [3.8, 4) is 0 Å². The summed E-state index contributed by atoms with van der Waals surface area (Å²) >= 11 is 6.50. The van der Waals surface area contributed by atoms with Gasteiger partial charge in [0.25, 0.3) is 0 Å². The first kappa shape index (κ1) is 21.9. The van der Waals surface area contributed by atoms with Crippen LogP contribution < -0.4 is 0 Å². The fourth-order valence-corrected chi connectivity index (χ4v) is 4.06. The number of halogens is 1. The number of aliphatic hydroxyl groups is 1. The Hall–Kier alpha value is -1.36. The molecule has 150 valence electrons. The monoisotopic (exact) mass is 393 g/mol. The van der Waals surface area contributed by atoms with E-state index in [9.17, 15) is 9.90 Å². The second-order valence-electron chi connectivity index (χ2n) is 7.54. The molecule has 1 saturated heterocycles. The summed E-state index contributed by atoms with van der Waals surface area (Å²) in [5.74, 6) is -0.740. The summed E-state index contributed by atoms with van der Waals surface area (Å²) in [6.07, 6.45) is 8.84. The highest BCUT2D eigenvalue weighted by Gasteiger charge is 2.31. The molecule has 0 radical (unpaired) electrons. The van der Waals surface area contributed by atoms with Crippen molar-refractivity contribution < 1.29 is 15.0 Å². The standard InChI is InChI=1S/C22H32ClNO3/c1-17-7-6-8-18(15-17)16-19(25)11-13-24-14-12-20(23)21(24)9-4-2-3-5-10-22(26)27/h2,4,6-8,15,19-21,25H,3,5,9-14,16H2,1H3,(H,26,27)/b4-2-. The molecule has 1 aliphatic rings. The van der Waals surface area contributed by atoms with Crippen LogP contribution in [0.5, 0.6) is 0 Å². The van der Waals surface area contributed by atoms with E-state index >= 15 is 0 Å². The Morgan fingerprint density at radius 3 is 2.96 bits per heavy atom. The van der Waals surface area contributed by atoms with Gasteiger partial charge in [-0.25, -0.2) is 0 Å². The van der Waals surface area contributed by atoms with Crippen molar-refractivity contribution in [1.29, 1.82) is 0 Å². The molecule has 0 saturated carbocycles. The van der Waals surface area contributed by atoms with Gasteiger partial charge >= 0.3 is 5.97 Å². The predicted octanol–water partition coefficient (Wildman–Crippen LogP) is 4.17. The number of unbranched alkanes of at least 4 members (excludes halogenated alkanes) is 1. The first-order valence-electron chi connectivity index (χ1n) is 9.94. The number of aryl methyl sites for hydroxylation is 1. The zero-order chi connectivity index (χ0) is 19.6. The van der Waals surface area contributed by atoms with Crippen molar-refractivity contribution >= 4 is 17.6 Å². The molecule has 1 heterocycles. The summed E-state index contributed by atoms with van der Waals surface area (Å²) < 4.78 is 0. The van der Waals surface area contributed by atoms with Crippen LogP contribution in [0.1, 0.15) is 49.7 Å². The molecule has 0 aromatic heterocycles. The number of rotatable bonds is 11. The van der Waals surface area contributed by atoms with Crippen LogP contribution in [0.15, 0.2) is 36.4 Å². The largest absolute Gasteiger partial charge is 0.481 e. The van der Waals surface area contributed by atoms with Crippen LogP contribution in [0, 0.1) is 6.92 Å². The Bertz CT molecular complexity index is 619. The number of hydrogen-bond donors (Lipinski definition) is 2. The molecule has 27 heavy (non-hydrogen) atoms. The maximum absolute atomic E-state index is 10.5. The third-order valence-corrected chi connectivity index (χ3v) is 5.70. The van der Waals surface area contributed by atoms with Crippen LogP contribution in [0.2, 0.25) is 0 Å². The lowest BCUT2D eigenvalue weighted by atomic mass is 10.0. The van der Waals surface area contributed by atoms with Crippen LogP contribution >= 0.6 is 11.6 Å². The molecule has 1 aromatic carbocycles. The first-order valence-corrected chi connectivity index (χ1v) is 10.4. The van der Waals surface area contributed by atoms with E-state index < -0.39 is 5.97 Å². The Morgan fingerprint density at radius 1 is 1.41 bits per heavy atom. The quantitative estimate of drug-likeness (QED) is 0.336. The summed E-state index contributed by atoms with van der Waals surface area (Å²) in [4.78, 5) is 12.9. The molecule has 0 amide bonds. The highest BCUT2D eigenvalue weighted by atomic mass is 35.5. The molecule has 5 heteroatoms. The molecule has 1 aliphatic heterocycles. The van der Waals surface area contributed by atoms with Crippen LogP contribution in [0.4, 0.5) is 0 Å². The molecule has 1 aromatic rings. The highest BCUT2D eigenvalue weighted by Crippen LogP contribution is 2.26. The minimum Gasteiger partial charge on any atom is -0.481 e. The molecule has 0 aliphatic carbocycles. The summed E-state index contributed by atoms with van der Waals surface area (Å²) in [5, 5.41) is 19.2. The van der Waals surface area contributed by atoms with Gasteiger partial charge in [0.2, 0.25) is 0 Å². The van der Waals surface area contributed by atoms with Gasteiger partial charge in [0, 0.05) is 19.0 Å². The van der Waals surface area contributed by atoms with Crippen molar-refractivity contribution in [2.45, 2.75) is 69.4 Å². The molecular weight excluding hydrogens is 362 g/mol. The lowest BCUT2D eigenvalue weighted by molar-refractivity contribution is -0.137. The number of carboxylic acid groups (broad SMARTS) is 1. The highest BCUT2D eigenvalue weighted by molar-refractivity contribution is 6.21. The lowest BCUT2D eigenvalue weighted by Crippen LogP contribution is -2.35. The van der Waals surface area contributed by atoms with E-state index in [2.05, 4.69) is 42.2 Å². The van der Waals surface area contributed by atoms with E-state index in [4.69, 9.17) is 16.7 Å². The molecule has 2 N–H and O–H groups in total. The van der Waals surface area contributed by atoms with Crippen molar-refractivity contribution in [3.63, 3.8) is 0 Å². The van der Waals surface area contributed by atoms with E-state index in [1.807, 2.05) is 6.07 Å². The van der Waals surface area contributed by atoms with Gasteiger partial charge in [0.15, 0.2) is 0 Å². The third-order valence-electron chi connectivity index (χ3n) is 5.19. The Balaban J connectivity index is 1.73. The number of nitrogens with zero attached hydrogens (tertiary/aromatic N) is 1. The number of carboxylic acids is 1. The lowest BCUT2D eigenvalue weighted by Gasteiger charge is -2.26. The molecule has 1 fully saturated rings. The van der Waals surface area contributed by atoms with Crippen LogP contribution in [-0.4, -0.2) is 51.7 Å². The molecule has 0 spiro atoms. The van der Waals surface area contributed by atoms with Crippen molar-refractivity contribution in [3.05, 3.63) is 47.5 Å². The van der Waals surface area contributed by atoms with Crippen molar-refractivity contribution in [2.75, 3.05) is 13.1 Å². The fourth-order valence-electron chi connectivity index (χ4n) is 3.70. The minimum absolute atomic E-state index is 0.141. The summed E-state index contributed by atoms with van der Waals surface area (Å²) in [6, 6.07) is 8.61. The summed E-state index contributed by atoms with van der Waals surface area (Å²) in [6.45, 7) is 3.90. The van der Waals surface area contributed by atoms with Crippen LogP contribution in [0.3, 0.4) is 0 Å². The smallest absolute Gasteiger partial charge is 0.303 e. The molecule has 3 atom stereocenters. The average Bonchev–Trinajstić information content (AvgIpc) is 2.96. The fraction of sp³-hybridized carbons (Fsp3) is 0.591. The van der Waals surface area contributed by atoms with Gasteiger partial charge in [0.05, 0.1) is 11.5 Å². The van der Waals surface area contributed by atoms with Gasteiger partial charge in [-0.3, -0.25) is 9.69 Å². The Morgan fingerprint density at radius 2 is 2.22 bits per heavy atom. The number of carbonyl (C=O) groups is 1. The van der Waals surface area contributed by atoms with Gasteiger partial charge in [-0.1, -0.05) is 42.0 Å². The van der Waals surface area contributed by atoms with Gasteiger partial charge < -0.3 is 10.2 Å². The molecule has 3 unspecified atom stereocenters. The normalized spacial score (nSPS) is 21.7. The number of benzene rings is 1. The molecular formula is C22H32ClNO3. The van der Waals surface area contributed by atoms with Gasteiger partial charge in [-0.15, -0.1) is 11.6 Å². The second-order valence-corrected chi connectivity index (χ2v) is 8.10. The predicted molar refractivity (Wildman–Crippen MR) is 110 cm³/mol. The van der Waals surface area contributed by atoms with Gasteiger partial charge in [-0.05, 0) is 57.6 Å². The number of allylic oxidation sites excluding steroid dienone is 1. The maximum Gasteiger partial charge on any atom is 0.303 e. The topological polar surface area (TPSA) is 60.8 Å². The SMILES string of the molecule is Cc1cccc(CC(O)CCN2CCC(Cl)C2C/C=C\CCCC(=O)O)c1. The van der Waals surface area contributed by atoms with Crippen LogP contribution in [-0.2, 0) is 11.2 Å². The maximum atomic E-state index is 10.5. The summed E-state index contributed by atoms with van der Waals surface area (Å²) in [7, 11) is 0. The number of likely N-dealkylation sites (tertiary alicyclic amines) is 1. The number of hydrogen-bond acceptors (Lipinski definition) is 3. The van der Waals surface area contributed by atoms with Crippen LogP contribution in [0.25, 0.3) is 0 Å². The second kappa shape index (κ2) is 11.5. The zero-order valence-electron chi connectivity index (χ0n) is 16.2. The molecule has 4 nitrogen and oxygen atoms in total. The number of alkyl halides is 1. The van der Waals surface area contributed by atoms with Crippen molar-refractivity contribution in [1.82, 2.24) is 4.90 Å². The average molecular weight is 394 g/mol. The Kier molecular flexibility index (Phi) is 9.32. The van der Waals surface area contributed by atoms with E-state index in [1.54, 1.807) is 0 Å². The Labute approximate surface area is 167 Å². The van der Waals surface area contributed by atoms with E-state index in [1.165, 1.54) is 11.1 Å². The third kappa shape index (κ3) is 8.04. The zero-order valence-corrected chi connectivity index (χ0v) is 16.9. The number of aliphatic carboxylic acids is 1.